The molecule has 1 atom stereocenters. The summed E-state index contributed by atoms with van der Waals surface area (Å²) in [6, 6.07) is 2.98. The van der Waals surface area contributed by atoms with E-state index in [0.717, 1.165) is 0 Å². The minimum atomic E-state index is -1.19. The van der Waals surface area contributed by atoms with Gasteiger partial charge in [-0.05, 0) is 24.0 Å². The first-order valence-corrected chi connectivity index (χ1v) is 6.32. The van der Waals surface area contributed by atoms with Crippen LogP contribution in [0.2, 0.25) is 0 Å². The summed E-state index contributed by atoms with van der Waals surface area (Å²) in [6.45, 7) is 6.68. The number of aryl methyl sites for hydroxylation is 1. The number of nitrogens with zero attached hydrogens (tertiary/aromatic N) is 1. The van der Waals surface area contributed by atoms with E-state index in [1.165, 1.54) is 18.2 Å². The summed E-state index contributed by atoms with van der Waals surface area (Å²) in [5.41, 5.74) is -0.542. The van der Waals surface area contributed by atoms with Crippen LogP contribution in [0.25, 0.3) is 0 Å². The van der Waals surface area contributed by atoms with E-state index >= 15 is 0 Å². The SMILES string of the molecule is Cc1ccc([N+](=O)[O-])c(C(=O)N[C@@H](C(=O)O)C(C)(C)C)c1. The van der Waals surface area contributed by atoms with Gasteiger partial charge in [-0.15, -0.1) is 0 Å². The van der Waals surface area contributed by atoms with Crippen LogP contribution in [-0.4, -0.2) is 27.9 Å². The molecule has 0 saturated heterocycles. The molecule has 1 amide bonds. The van der Waals surface area contributed by atoms with Gasteiger partial charge in [0.05, 0.1) is 4.92 Å². The van der Waals surface area contributed by atoms with Crippen molar-refractivity contribution in [1.82, 2.24) is 5.32 Å². The first kappa shape index (κ1) is 16.6. The predicted molar refractivity (Wildman–Crippen MR) is 76.2 cm³/mol. The predicted octanol–water partition coefficient (Wildman–Crippen LogP) is 2.13. The average Bonchev–Trinajstić information content (AvgIpc) is 2.33. The second-order valence-corrected chi connectivity index (χ2v) is 5.89. The minimum Gasteiger partial charge on any atom is -0.480 e. The van der Waals surface area contributed by atoms with Gasteiger partial charge in [-0.3, -0.25) is 14.9 Å². The van der Waals surface area contributed by atoms with Crippen LogP contribution in [0.3, 0.4) is 0 Å². The van der Waals surface area contributed by atoms with Crippen LogP contribution in [0, 0.1) is 22.5 Å². The van der Waals surface area contributed by atoms with Gasteiger partial charge in [0.2, 0.25) is 0 Å². The highest BCUT2D eigenvalue weighted by atomic mass is 16.6. The van der Waals surface area contributed by atoms with Crippen molar-refractivity contribution in [1.29, 1.82) is 0 Å². The Morgan fingerprint density at radius 3 is 2.33 bits per heavy atom. The Hall–Kier alpha value is -2.44. The molecule has 2 N–H and O–H groups in total. The largest absolute Gasteiger partial charge is 0.480 e. The molecule has 1 aromatic carbocycles. The lowest BCUT2D eigenvalue weighted by molar-refractivity contribution is -0.385. The lowest BCUT2D eigenvalue weighted by atomic mass is 9.86. The molecule has 0 bridgehead atoms. The van der Waals surface area contributed by atoms with Crippen LogP contribution >= 0.6 is 0 Å². The molecule has 114 valence electrons. The van der Waals surface area contributed by atoms with Crippen LogP contribution < -0.4 is 5.32 Å². The minimum absolute atomic E-state index is 0.143. The van der Waals surface area contributed by atoms with Gasteiger partial charge < -0.3 is 10.4 Å². The van der Waals surface area contributed by atoms with Crippen LogP contribution in [0.1, 0.15) is 36.7 Å². The summed E-state index contributed by atoms with van der Waals surface area (Å²) >= 11 is 0. The molecule has 0 aliphatic rings. The molecule has 0 heterocycles. The number of nitrogens with one attached hydrogen (secondary N) is 1. The van der Waals surface area contributed by atoms with Crippen molar-refractivity contribution < 1.29 is 19.6 Å². The molecular weight excluding hydrogens is 276 g/mol. The number of nitro groups is 1. The molecule has 21 heavy (non-hydrogen) atoms. The maximum Gasteiger partial charge on any atom is 0.326 e. The Balaban J connectivity index is 3.17. The number of hydrogen-bond donors (Lipinski definition) is 2. The maximum atomic E-state index is 12.2. The van der Waals surface area contributed by atoms with E-state index in [-0.39, 0.29) is 11.3 Å². The summed E-state index contributed by atoms with van der Waals surface area (Å²) in [6.07, 6.45) is 0. The monoisotopic (exact) mass is 294 g/mol. The molecule has 1 rings (SSSR count). The zero-order chi connectivity index (χ0) is 16.4. The molecule has 0 fully saturated rings. The quantitative estimate of drug-likeness (QED) is 0.653. The van der Waals surface area contributed by atoms with Gasteiger partial charge in [0, 0.05) is 6.07 Å². The number of benzene rings is 1. The van der Waals surface area contributed by atoms with Crippen LogP contribution in [-0.2, 0) is 4.79 Å². The van der Waals surface area contributed by atoms with Crippen molar-refractivity contribution in [3.63, 3.8) is 0 Å². The fraction of sp³-hybridized carbons (Fsp3) is 0.429. The summed E-state index contributed by atoms with van der Waals surface area (Å²) in [5, 5.41) is 22.5. The zero-order valence-corrected chi connectivity index (χ0v) is 12.3. The van der Waals surface area contributed by atoms with Gasteiger partial charge >= 0.3 is 5.97 Å². The third-order valence-electron chi connectivity index (χ3n) is 2.98. The molecular formula is C14H18N2O5. The summed E-state index contributed by atoms with van der Waals surface area (Å²) < 4.78 is 0. The highest BCUT2D eigenvalue weighted by Crippen LogP contribution is 2.23. The van der Waals surface area contributed by atoms with Gasteiger partial charge in [0.15, 0.2) is 0 Å². The van der Waals surface area contributed by atoms with Crippen molar-refractivity contribution in [2.24, 2.45) is 5.41 Å². The number of hydrogen-bond acceptors (Lipinski definition) is 4. The Morgan fingerprint density at radius 2 is 1.90 bits per heavy atom. The van der Waals surface area contributed by atoms with Crippen molar-refractivity contribution >= 4 is 17.6 Å². The van der Waals surface area contributed by atoms with Crippen molar-refractivity contribution in [3.05, 3.63) is 39.4 Å². The summed E-state index contributed by atoms with van der Waals surface area (Å²) in [4.78, 5) is 33.8. The van der Waals surface area contributed by atoms with Crippen molar-refractivity contribution in [2.45, 2.75) is 33.7 Å². The number of carboxylic acids is 1. The normalized spacial score (nSPS) is 12.6. The van der Waals surface area contributed by atoms with Crippen molar-refractivity contribution in [2.75, 3.05) is 0 Å². The Kier molecular flexibility index (Phi) is 4.67. The van der Waals surface area contributed by atoms with Crippen LogP contribution in [0.4, 0.5) is 5.69 Å². The second-order valence-electron chi connectivity index (χ2n) is 5.89. The number of carbonyl (C=O) groups is 2. The number of nitro benzene ring substituents is 1. The smallest absolute Gasteiger partial charge is 0.326 e. The number of aliphatic carboxylic acids is 1. The Morgan fingerprint density at radius 1 is 1.33 bits per heavy atom. The fourth-order valence-electron chi connectivity index (χ4n) is 1.85. The number of amides is 1. The van der Waals surface area contributed by atoms with Crippen molar-refractivity contribution in [3.8, 4) is 0 Å². The third kappa shape index (κ3) is 4.01. The van der Waals surface area contributed by atoms with E-state index in [1.807, 2.05) is 0 Å². The van der Waals surface area contributed by atoms with E-state index < -0.39 is 28.3 Å². The van der Waals surface area contributed by atoms with Gasteiger partial charge in [-0.1, -0.05) is 26.8 Å². The summed E-state index contributed by atoms with van der Waals surface area (Å²) in [5.74, 6) is -1.96. The van der Waals surface area contributed by atoms with Gasteiger partial charge in [-0.2, -0.15) is 0 Å². The molecule has 0 unspecified atom stereocenters. The van der Waals surface area contributed by atoms with E-state index in [2.05, 4.69) is 5.32 Å². The van der Waals surface area contributed by atoms with Crippen LogP contribution in [0.5, 0.6) is 0 Å². The second kappa shape index (κ2) is 5.90. The fourth-order valence-corrected chi connectivity index (χ4v) is 1.85. The number of carbonyl (C=O) groups excluding carboxylic acids is 1. The average molecular weight is 294 g/mol. The van der Waals surface area contributed by atoms with E-state index in [4.69, 9.17) is 0 Å². The number of rotatable bonds is 4. The topological polar surface area (TPSA) is 110 Å². The van der Waals surface area contributed by atoms with Gasteiger partial charge in [-0.25, -0.2) is 4.79 Å². The lowest BCUT2D eigenvalue weighted by Crippen LogP contribution is -2.49. The Bertz CT molecular complexity index is 590. The summed E-state index contributed by atoms with van der Waals surface area (Å²) in [7, 11) is 0. The van der Waals surface area contributed by atoms with Crippen LogP contribution in [0.15, 0.2) is 18.2 Å². The van der Waals surface area contributed by atoms with E-state index in [1.54, 1.807) is 27.7 Å². The molecule has 7 nitrogen and oxygen atoms in total. The molecule has 7 heteroatoms. The van der Waals surface area contributed by atoms with E-state index in [9.17, 15) is 24.8 Å². The zero-order valence-electron chi connectivity index (χ0n) is 12.3. The highest BCUT2D eigenvalue weighted by molar-refractivity contribution is 6.00. The molecule has 0 saturated carbocycles. The molecule has 0 radical (unpaired) electrons. The molecule has 0 aliphatic carbocycles. The van der Waals surface area contributed by atoms with Gasteiger partial charge in [0.1, 0.15) is 11.6 Å². The standard InChI is InChI=1S/C14H18N2O5/c1-8-5-6-10(16(20)21)9(7-8)12(17)15-11(13(18)19)14(2,3)4/h5-7,11H,1-4H3,(H,15,17)(H,18,19)/t11-/m0/s1. The van der Waals surface area contributed by atoms with Gasteiger partial charge in [0.25, 0.3) is 11.6 Å². The molecule has 1 aromatic rings. The maximum absolute atomic E-state index is 12.2. The first-order valence-electron chi connectivity index (χ1n) is 6.32. The highest BCUT2D eigenvalue weighted by Gasteiger charge is 2.34. The molecule has 0 aliphatic heterocycles. The van der Waals surface area contributed by atoms with E-state index in [0.29, 0.717) is 5.56 Å². The number of carboxylic acid groups (broad SMARTS) is 1. The third-order valence-corrected chi connectivity index (χ3v) is 2.98. The Labute approximate surface area is 122 Å². The molecule has 0 aromatic heterocycles. The molecule has 0 spiro atoms. The lowest BCUT2D eigenvalue weighted by Gasteiger charge is -2.27. The first-order chi connectivity index (χ1) is 9.54.